The van der Waals surface area contributed by atoms with Crippen LogP contribution < -0.4 is 10.0 Å². The summed E-state index contributed by atoms with van der Waals surface area (Å²) in [6.45, 7) is 5.31. The van der Waals surface area contributed by atoms with E-state index in [9.17, 15) is 13.2 Å². The van der Waals surface area contributed by atoms with E-state index in [0.29, 0.717) is 11.4 Å². The molecule has 3 rings (SSSR count). The predicted octanol–water partition coefficient (Wildman–Crippen LogP) is 4.37. The predicted molar refractivity (Wildman–Crippen MR) is 105 cm³/mol. The van der Waals surface area contributed by atoms with Crippen LogP contribution in [0.1, 0.15) is 26.5 Å². The van der Waals surface area contributed by atoms with Gasteiger partial charge in [0.15, 0.2) is 0 Å². The van der Waals surface area contributed by atoms with Crippen molar-refractivity contribution in [2.75, 3.05) is 10.0 Å². The van der Waals surface area contributed by atoms with Crippen molar-refractivity contribution in [3.63, 3.8) is 0 Å². The van der Waals surface area contributed by atoms with E-state index < -0.39 is 15.9 Å². The maximum atomic E-state index is 12.7. The van der Waals surface area contributed by atoms with E-state index in [1.54, 1.807) is 6.92 Å². The van der Waals surface area contributed by atoms with Crippen LogP contribution in [-0.2, 0) is 10.0 Å². The molecule has 0 aliphatic heterocycles. The summed E-state index contributed by atoms with van der Waals surface area (Å²) in [5.41, 5.74) is 2.77. The zero-order valence-corrected chi connectivity index (χ0v) is 17.1. The quantitative estimate of drug-likeness (QED) is 0.632. The molecule has 2 aromatic heterocycles. The number of halogens is 1. The Balaban J connectivity index is 1.91. The Morgan fingerprint density at radius 3 is 2.44 bits per heavy atom. The largest absolute Gasteiger partial charge is 0.336 e. The number of carbonyl (C=O) groups excluding carboxylic acids is 1. The van der Waals surface area contributed by atoms with Gasteiger partial charge in [-0.05, 0) is 43.3 Å². The van der Waals surface area contributed by atoms with Crippen molar-refractivity contribution in [3.8, 4) is 0 Å². The number of aryl methyl sites for hydroxylation is 3. The number of rotatable bonds is 5. The van der Waals surface area contributed by atoms with Gasteiger partial charge in [-0.1, -0.05) is 35.0 Å². The summed E-state index contributed by atoms with van der Waals surface area (Å²) in [4.78, 5) is 12.6. The number of nitrogens with one attached hydrogen (secondary N) is 2. The topological polar surface area (TPSA) is 101 Å². The van der Waals surface area contributed by atoms with Crippen molar-refractivity contribution >= 4 is 50.4 Å². The molecule has 142 valence electrons. The van der Waals surface area contributed by atoms with Gasteiger partial charge in [-0.15, -0.1) is 11.3 Å². The van der Waals surface area contributed by atoms with Crippen LogP contribution in [0.5, 0.6) is 0 Å². The number of nitrogens with zero attached hydrogens (tertiary/aromatic N) is 1. The molecule has 1 aromatic carbocycles. The zero-order chi connectivity index (χ0) is 19.8. The van der Waals surface area contributed by atoms with E-state index in [4.69, 9.17) is 16.1 Å². The van der Waals surface area contributed by atoms with Crippen LogP contribution in [-0.4, -0.2) is 19.5 Å². The maximum absolute atomic E-state index is 12.7. The van der Waals surface area contributed by atoms with Crippen molar-refractivity contribution in [3.05, 3.63) is 56.4 Å². The number of carbonyl (C=O) groups is 1. The molecular weight excluding hydrogens is 410 g/mol. The van der Waals surface area contributed by atoms with Gasteiger partial charge in [0.1, 0.15) is 20.5 Å². The lowest BCUT2D eigenvalue weighted by molar-refractivity contribution is 0.102. The molecule has 0 aliphatic rings. The molecule has 10 heteroatoms. The first-order valence-corrected chi connectivity index (χ1v) is 10.5. The summed E-state index contributed by atoms with van der Waals surface area (Å²) in [6.07, 6.45) is 0. The smallest absolute Gasteiger partial charge is 0.267 e. The van der Waals surface area contributed by atoms with Crippen molar-refractivity contribution < 1.29 is 17.7 Å². The molecule has 27 heavy (non-hydrogen) atoms. The third kappa shape index (κ3) is 3.85. The zero-order valence-electron chi connectivity index (χ0n) is 14.7. The van der Waals surface area contributed by atoms with Crippen molar-refractivity contribution in [2.24, 2.45) is 0 Å². The minimum atomic E-state index is -4.09. The highest BCUT2D eigenvalue weighted by molar-refractivity contribution is 7.93. The highest BCUT2D eigenvalue weighted by atomic mass is 35.5. The second-order valence-corrected chi connectivity index (χ2v) is 8.80. The summed E-state index contributed by atoms with van der Waals surface area (Å²) in [6, 6.07) is 6.97. The standard InChI is InChI=1S/C17H16ClN3O4S2/c1-9-5-4-6-10(2)14(9)19-16(22)15-12(7-8-26-15)27(23,24)21-17-13(18)11(3)20-25-17/h4-8,21H,1-3H3,(H,19,22). The number of thiophene rings is 1. The fraction of sp³-hybridized carbons (Fsp3) is 0.176. The molecule has 0 saturated heterocycles. The van der Waals surface area contributed by atoms with Crippen LogP contribution in [0.15, 0.2) is 39.1 Å². The number of aromatic nitrogens is 1. The van der Waals surface area contributed by atoms with Gasteiger partial charge in [0.2, 0.25) is 0 Å². The first-order valence-electron chi connectivity index (χ1n) is 7.80. The molecular formula is C17H16ClN3O4S2. The Bertz CT molecular complexity index is 1100. The first kappa shape index (κ1) is 19.4. The molecule has 0 unspecified atom stereocenters. The lowest BCUT2D eigenvalue weighted by Crippen LogP contribution is -2.19. The third-order valence-corrected chi connectivity index (χ3v) is 6.72. The van der Waals surface area contributed by atoms with Crippen molar-refractivity contribution in [1.29, 1.82) is 0 Å². The minimum absolute atomic E-state index is 0.0533. The second kappa shape index (κ2) is 7.34. The molecule has 0 saturated carbocycles. The first-order chi connectivity index (χ1) is 12.7. The van der Waals surface area contributed by atoms with Gasteiger partial charge in [-0.2, -0.15) is 0 Å². The van der Waals surface area contributed by atoms with Crippen LogP contribution in [0.3, 0.4) is 0 Å². The molecule has 0 fully saturated rings. The Hall–Kier alpha value is -2.36. The van der Waals surface area contributed by atoms with Crippen LogP contribution in [0.25, 0.3) is 0 Å². The lowest BCUT2D eigenvalue weighted by Gasteiger charge is -2.12. The number of sulfonamides is 1. The number of amides is 1. The Morgan fingerprint density at radius 1 is 1.19 bits per heavy atom. The summed E-state index contributed by atoms with van der Waals surface area (Å²) in [5, 5.41) is 7.99. The van der Waals surface area contributed by atoms with Gasteiger partial charge in [0, 0.05) is 5.69 Å². The van der Waals surface area contributed by atoms with E-state index in [1.807, 2.05) is 32.0 Å². The van der Waals surface area contributed by atoms with Gasteiger partial charge in [0.25, 0.3) is 21.8 Å². The van der Waals surface area contributed by atoms with E-state index in [2.05, 4.69) is 15.2 Å². The molecule has 7 nitrogen and oxygen atoms in total. The Kier molecular flexibility index (Phi) is 5.27. The van der Waals surface area contributed by atoms with Gasteiger partial charge < -0.3 is 9.84 Å². The van der Waals surface area contributed by atoms with E-state index in [-0.39, 0.29) is 20.7 Å². The summed E-state index contributed by atoms with van der Waals surface area (Å²) in [7, 11) is -4.09. The number of hydrogen-bond donors (Lipinski definition) is 2. The maximum Gasteiger partial charge on any atom is 0.267 e. The fourth-order valence-corrected chi connectivity index (χ4v) is 4.95. The fourth-order valence-electron chi connectivity index (χ4n) is 2.46. The van der Waals surface area contributed by atoms with Gasteiger partial charge in [-0.3, -0.25) is 4.79 Å². The normalized spacial score (nSPS) is 11.4. The SMILES string of the molecule is Cc1cccc(C)c1NC(=O)c1sccc1S(=O)(=O)Nc1onc(C)c1Cl. The van der Waals surface area contributed by atoms with Crippen LogP contribution in [0.4, 0.5) is 11.6 Å². The molecule has 2 N–H and O–H groups in total. The van der Waals surface area contributed by atoms with Gasteiger partial charge >= 0.3 is 0 Å². The number of hydrogen-bond acceptors (Lipinski definition) is 6. The van der Waals surface area contributed by atoms with Gasteiger partial charge in [-0.25, -0.2) is 13.1 Å². The van der Waals surface area contributed by atoms with Crippen molar-refractivity contribution in [1.82, 2.24) is 5.16 Å². The Labute approximate surface area is 165 Å². The highest BCUT2D eigenvalue weighted by Crippen LogP contribution is 2.30. The second-order valence-electron chi connectivity index (χ2n) is 5.85. The average Bonchev–Trinajstić information content (AvgIpc) is 3.21. The number of anilines is 2. The minimum Gasteiger partial charge on any atom is -0.336 e. The van der Waals surface area contributed by atoms with Crippen molar-refractivity contribution in [2.45, 2.75) is 25.7 Å². The molecule has 1 amide bonds. The third-order valence-electron chi connectivity index (χ3n) is 3.86. The molecule has 0 atom stereocenters. The van der Waals surface area contributed by atoms with E-state index >= 15 is 0 Å². The van der Waals surface area contributed by atoms with E-state index in [0.717, 1.165) is 22.5 Å². The summed E-state index contributed by atoms with van der Waals surface area (Å²) >= 11 is 6.99. The van der Waals surface area contributed by atoms with Gasteiger partial charge in [0.05, 0.1) is 0 Å². The Morgan fingerprint density at radius 2 is 1.85 bits per heavy atom. The molecule has 0 spiro atoms. The van der Waals surface area contributed by atoms with Crippen LogP contribution in [0.2, 0.25) is 5.02 Å². The van der Waals surface area contributed by atoms with Crippen LogP contribution >= 0.6 is 22.9 Å². The monoisotopic (exact) mass is 425 g/mol. The molecule has 2 heterocycles. The average molecular weight is 426 g/mol. The molecule has 0 bridgehead atoms. The van der Waals surface area contributed by atoms with Crippen LogP contribution in [0, 0.1) is 20.8 Å². The molecule has 0 aliphatic carbocycles. The number of benzene rings is 1. The highest BCUT2D eigenvalue weighted by Gasteiger charge is 2.27. The number of para-hydroxylation sites is 1. The molecule has 3 aromatic rings. The summed E-state index contributed by atoms with van der Waals surface area (Å²) in [5.74, 6) is -0.705. The molecule has 0 radical (unpaired) electrons. The van der Waals surface area contributed by atoms with E-state index in [1.165, 1.54) is 11.4 Å². The lowest BCUT2D eigenvalue weighted by atomic mass is 10.1. The summed E-state index contributed by atoms with van der Waals surface area (Å²) < 4.78 is 32.5.